The van der Waals surface area contributed by atoms with Crippen molar-refractivity contribution >= 4 is 5.91 Å². The predicted octanol–water partition coefficient (Wildman–Crippen LogP) is 4.82. The van der Waals surface area contributed by atoms with E-state index in [0.717, 1.165) is 37.3 Å². The minimum Gasteiger partial charge on any atom is -0.497 e. The summed E-state index contributed by atoms with van der Waals surface area (Å²) in [5.74, 6) is 0.955. The van der Waals surface area contributed by atoms with Gasteiger partial charge in [0.1, 0.15) is 11.6 Å². The van der Waals surface area contributed by atoms with Gasteiger partial charge in [0.15, 0.2) is 0 Å². The van der Waals surface area contributed by atoms with Crippen LogP contribution < -0.4 is 4.74 Å². The molecule has 34 heavy (non-hydrogen) atoms. The van der Waals surface area contributed by atoms with Crippen LogP contribution >= 0.6 is 0 Å². The molecule has 5 nitrogen and oxygen atoms in total. The summed E-state index contributed by atoms with van der Waals surface area (Å²) in [6.45, 7) is 2.17. The number of methoxy groups -OCH3 is 1. The molecule has 1 fully saturated rings. The second-order valence-electron chi connectivity index (χ2n) is 9.00. The second kappa shape index (κ2) is 11.3. The maximum atomic E-state index is 13.2. The number of aromatic nitrogens is 1. The van der Waals surface area contributed by atoms with Gasteiger partial charge in [-0.25, -0.2) is 4.39 Å². The Morgan fingerprint density at radius 3 is 2.56 bits per heavy atom. The van der Waals surface area contributed by atoms with Gasteiger partial charge >= 0.3 is 0 Å². The molecule has 0 spiro atoms. The van der Waals surface area contributed by atoms with Crippen molar-refractivity contribution in [1.29, 1.82) is 0 Å². The number of ether oxygens (including phenoxy) is 1. The molecule has 6 heteroatoms. The molecule has 1 aliphatic rings. The predicted molar refractivity (Wildman–Crippen MR) is 131 cm³/mol. The zero-order valence-corrected chi connectivity index (χ0v) is 19.9. The molecule has 0 radical (unpaired) electrons. The van der Waals surface area contributed by atoms with E-state index in [-0.39, 0.29) is 11.7 Å². The van der Waals surface area contributed by atoms with Crippen molar-refractivity contribution in [3.8, 4) is 5.75 Å². The van der Waals surface area contributed by atoms with Crippen LogP contribution in [0.3, 0.4) is 0 Å². The molecule has 1 amide bonds. The number of likely N-dealkylation sites (tertiary alicyclic amines) is 1. The number of amides is 1. The first-order chi connectivity index (χ1) is 16.5. The Bertz CT molecular complexity index is 1070. The minimum absolute atomic E-state index is 0.0235. The first-order valence-electron chi connectivity index (χ1n) is 11.8. The van der Waals surface area contributed by atoms with E-state index in [1.54, 1.807) is 19.2 Å². The number of carbonyl (C=O) groups excluding carboxylic acids is 1. The van der Waals surface area contributed by atoms with E-state index < -0.39 is 0 Å². The number of hydrogen-bond donors (Lipinski definition) is 0. The Hall–Kier alpha value is -3.25. The van der Waals surface area contributed by atoms with Crippen molar-refractivity contribution < 1.29 is 13.9 Å². The highest BCUT2D eigenvalue weighted by atomic mass is 19.1. The molecule has 0 bridgehead atoms. The minimum atomic E-state index is -0.327. The zero-order chi connectivity index (χ0) is 23.9. The fraction of sp³-hybridized carbons (Fsp3) is 0.357. The third-order valence-electron chi connectivity index (χ3n) is 6.74. The monoisotopic (exact) mass is 461 g/mol. The van der Waals surface area contributed by atoms with Crippen LogP contribution in [0.25, 0.3) is 0 Å². The molecule has 1 aliphatic heterocycles. The SMILES string of the molecule is COc1cccc(C[C@H](C2CCN(C(=O)c3ccc(F)cc3)CC2)N(C)Cc2ccccn2)c1. The fourth-order valence-corrected chi connectivity index (χ4v) is 4.85. The summed E-state index contributed by atoms with van der Waals surface area (Å²) < 4.78 is 18.7. The fourth-order valence-electron chi connectivity index (χ4n) is 4.85. The number of halogens is 1. The summed E-state index contributed by atoms with van der Waals surface area (Å²) >= 11 is 0. The number of pyridine rings is 1. The Balaban J connectivity index is 1.47. The highest BCUT2D eigenvalue weighted by Crippen LogP contribution is 2.28. The third kappa shape index (κ3) is 6.00. The lowest BCUT2D eigenvalue weighted by Gasteiger charge is -2.40. The molecule has 1 aromatic heterocycles. The van der Waals surface area contributed by atoms with E-state index in [4.69, 9.17) is 4.74 Å². The van der Waals surface area contributed by atoms with Gasteiger partial charge in [-0.3, -0.25) is 14.7 Å². The van der Waals surface area contributed by atoms with Gasteiger partial charge in [0.25, 0.3) is 5.91 Å². The number of hydrogen-bond acceptors (Lipinski definition) is 4. The van der Waals surface area contributed by atoms with Crippen LogP contribution in [-0.2, 0) is 13.0 Å². The molecular formula is C28H32FN3O2. The van der Waals surface area contributed by atoms with Gasteiger partial charge in [0.05, 0.1) is 12.8 Å². The number of carbonyl (C=O) groups is 1. The molecular weight excluding hydrogens is 429 g/mol. The Labute approximate surface area is 201 Å². The molecule has 2 heterocycles. The number of nitrogens with zero attached hydrogens (tertiary/aromatic N) is 3. The smallest absolute Gasteiger partial charge is 0.253 e. The maximum Gasteiger partial charge on any atom is 0.253 e. The molecule has 0 aliphatic carbocycles. The highest BCUT2D eigenvalue weighted by molar-refractivity contribution is 5.94. The van der Waals surface area contributed by atoms with Crippen LogP contribution in [0.2, 0.25) is 0 Å². The summed E-state index contributed by atoms with van der Waals surface area (Å²) in [4.78, 5) is 21.7. The first-order valence-corrected chi connectivity index (χ1v) is 11.8. The molecule has 2 aromatic carbocycles. The molecule has 0 unspecified atom stereocenters. The van der Waals surface area contributed by atoms with Gasteiger partial charge in [-0.1, -0.05) is 18.2 Å². The number of benzene rings is 2. The summed E-state index contributed by atoms with van der Waals surface area (Å²) in [7, 11) is 3.85. The summed E-state index contributed by atoms with van der Waals surface area (Å²) in [6.07, 6.45) is 4.58. The lowest BCUT2D eigenvalue weighted by atomic mass is 9.84. The van der Waals surface area contributed by atoms with Gasteiger partial charge in [-0.15, -0.1) is 0 Å². The van der Waals surface area contributed by atoms with Crippen molar-refractivity contribution in [3.63, 3.8) is 0 Å². The zero-order valence-electron chi connectivity index (χ0n) is 19.9. The molecule has 3 aromatic rings. The van der Waals surface area contributed by atoms with Crippen molar-refractivity contribution in [1.82, 2.24) is 14.8 Å². The van der Waals surface area contributed by atoms with Crippen LogP contribution in [0, 0.1) is 11.7 Å². The van der Waals surface area contributed by atoms with Crippen molar-refractivity contribution in [3.05, 3.63) is 95.6 Å². The van der Waals surface area contributed by atoms with Crippen molar-refractivity contribution in [2.45, 2.75) is 31.8 Å². The number of rotatable bonds is 8. The third-order valence-corrected chi connectivity index (χ3v) is 6.74. The lowest BCUT2D eigenvalue weighted by Crippen LogP contribution is -2.46. The van der Waals surface area contributed by atoms with E-state index in [1.807, 2.05) is 35.4 Å². The van der Waals surface area contributed by atoms with Crippen molar-refractivity contribution in [2.75, 3.05) is 27.2 Å². The van der Waals surface area contributed by atoms with Crippen LogP contribution in [0.5, 0.6) is 5.75 Å². The van der Waals surface area contributed by atoms with Gasteiger partial charge in [-0.2, -0.15) is 0 Å². The molecule has 4 rings (SSSR count). The number of piperidine rings is 1. The van der Waals surface area contributed by atoms with E-state index in [0.29, 0.717) is 30.6 Å². The van der Waals surface area contributed by atoms with Crippen molar-refractivity contribution in [2.24, 2.45) is 5.92 Å². The van der Waals surface area contributed by atoms with Crippen LogP contribution in [0.4, 0.5) is 4.39 Å². The summed E-state index contributed by atoms with van der Waals surface area (Å²) in [6, 6.07) is 20.4. The average molecular weight is 462 g/mol. The van der Waals surface area contributed by atoms with E-state index in [2.05, 4.69) is 35.1 Å². The number of likely N-dealkylation sites (N-methyl/N-ethyl adjacent to an activating group) is 1. The molecule has 1 saturated heterocycles. The molecule has 0 N–H and O–H groups in total. The van der Waals surface area contributed by atoms with Crippen LogP contribution in [-0.4, -0.2) is 54.0 Å². The Morgan fingerprint density at radius 1 is 1.12 bits per heavy atom. The normalized spacial score (nSPS) is 15.4. The molecule has 178 valence electrons. The lowest BCUT2D eigenvalue weighted by molar-refractivity contribution is 0.0601. The van der Waals surface area contributed by atoms with Crippen LogP contribution in [0.1, 0.15) is 34.5 Å². The molecule has 0 saturated carbocycles. The summed E-state index contributed by atoms with van der Waals surface area (Å²) in [5, 5.41) is 0. The van der Waals surface area contributed by atoms with Crippen LogP contribution in [0.15, 0.2) is 72.9 Å². The van der Waals surface area contributed by atoms with E-state index in [1.165, 1.54) is 17.7 Å². The van der Waals surface area contributed by atoms with Gasteiger partial charge in [0.2, 0.25) is 0 Å². The molecule has 1 atom stereocenters. The quantitative estimate of drug-likeness (QED) is 0.482. The van der Waals surface area contributed by atoms with E-state index >= 15 is 0 Å². The summed E-state index contributed by atoms with van der Waals surface area (Å²) in [5.41, 5.74) is 2.83. The van der Waals surface area contributed by atoms with Gasteiger partial charge in [-0.05, 0) is 86.3 Å². The maximum absolute atomic E-state index is 13.2. The Morgan fingerprint density at radius 2 is 1.88 bits per heavy atom. The van der Waals surface area contributed by atoms with Gasteiger partial charge < -0.3 is 9.64 Å². The Kier molecular flexibility index (Phi) is 7.91. The second-order valence-corrected chi connectivity index (χ2v) is 9.00. The topological polar surface area (TPSA) is 45.7 Å². The largest absolute Gasteiger partial charge is 0.497 e. The van der Waals surface area contributed by atoms with Gasteiger partial charge in [0, 0.05) is 37.4 Å². The first kappa shape index (κ1) is 23.9. The highest BCUT2D eigenvalue weighted by Gasteiger charge is 2.31. The standard InChI is InChI=1S/C28H32FN3O2/c1-31(20-25-7-3-4-15-30-25)27(19-21-6-5-8-26(18-21)34-2)22-13-16-32(17-14-22)28(33)23-9-11-24(29)12-10-23/h3-12,15,18,22,27H,13-14,16-17,19-20H2,1-2H3/t27-/m1/s1. The van der Waals surface area contributed by atoms with E-state index in [9.17, 15) is 9.18 Å². The average Bonchev–Trinajstić information content (AvgIpc) is 2.88.